The van der Waals surface area contributed by atoms with Crippen LogP contribution >= 0.6 is 0 Å². The number of fused-ring (bicyclic) bond motifs is 1. The van der Waals surface area contributed by atoms with Crippen molar-refractivity contribution in [2.24, 2.45) is 0 Å². The number of ether oxygens (including phenoxy) is 1. The third-order valence-corrected chi connectivity index (χ3v) is 4.76. The highest BCUT2D eigenvalue weighted by molar-refractivity contribution is 5.85. The van der Waals surface area contributed by atoms with Crippen molar-refractivity contribution in [1.82, 2.24) is 9.47 Å². The number of hydrogen-bond acceptors (Lipinski definition) is 3. The highest BCUT2D eigenvalue weighted by Gasteiger charge is 2.18. The molecule has 22 heavy (non-hydrogen) atoms. The maximum Gasteiger partial charge on any atom is 0.0845 e. The maximum atomic E-state index is 10.5. The third kappa shape index (κ3) is 3.05. The lowest BCUT2D eigenvalue weighted by Crippen LogP contribution is -2.42. The molecule has 1 atom stereocenters. The molecule has 3 rings (SSSR count). The Labute approximate surface area is 132 Å². The number of aryl methyl sites for hydroxylation is 2. The second-order valence-electron chi connectivity index (χ2n) is 6.41. The van der Waals surface area contributed by atoms with Gasteiger partial charge in [-0.1, -0.05) is 11.6 Å². The number of aromatic nitrogens is 1. The molecule has 0 spiro atoms. The van der Waals surface area contributed by atoms with E-state index < -0.39 is 0 Å². The quantitative estimate of drug-likeness (QED) is 0.941. The van der Waals surface area contributed by atoms with Crippen molar-refractivity contribution >= 4 is 10.9 Å². The van der Waals surface area contributed by atoms with Crippen LogP contribution in [0.4, 0.5) is 0 Å². The number of morpholine rings is 1. The van der Waals surface area contributed by atoms with Gasteiger partial charge in [-0.15, -0.1) is 0 Å². The molecular formula is C18H26N2O2. The number of nitrogens with zero attached hydrogens (tertiary/aromatic N) is 2. The van der Waals surface area contributed by atoms with Crippen molar-refractivity contribution in [3.8, 4) is 0 Å². The van der Waals surface area contributed by atoms with E-state index in [1.165, 1.54) is 27.7 Å². The Morgan fingerprint density at radius 3 is 2.59 bits per heavy atom. The summed E-state index contributed by atoms with van der Waals surface area (Å²) >= 11 is 0. The van der Waals surface area contributed by atoms with Crippen LogP contribution in [-0.2, 0) is 11.3 Å². The van der Waals surface area contributed by atoms with Crippen LogP contribution in [0.25, 0.3) is 10.9 Å². The Balaban J connectivity index is 1.79. The van der Waals surface area contributed by atoms with Crippen LogP contribution in [0, 0.1) is 20.8 Å². The van der Waals surface area contributed by atoms with Gasteiger partial charge in [0.15, 0.2) is 0 Å². The summed E-state index contributed by atoms with van der Waals surface area (Å²) < 4.78 is 7.62. The smallest absolute Gasteiger partial charge is 0.0845 e. The topological polar surface area (TPSA) is 37.6 Å². The molecule has 1 aliphatic heterocycles. The zero-order valence-corrected chi connectivity index (χ0v) is 13.8. The molecule has 120 valence electrons. The van der Waals surface area contributed by atoms with Crippen LogP contribution in [0.1, 0.15) is 16.8 Å². The van der Waals surface area contributed by atoms with Crippen LogP contribution < -0.4 is 0 Å². The van der Waals surface area contributed by atoms with Gasteiger partial charge in [0, 0.05) is 36.2 Å². The molecule has 4 heteroatoms. The number of aliphatic hydroxyl groups excluding tert-OH is 1. The average Bonchev–Trinajstić information content (AvgIpc) is 2.73. The molecule has 4 nitrogen and oxygen atoms in total. The second-order valence-corrected chi connectivity index (χ2v) is 6.41. The Bertz CT molecular complexity index is 657. The van der Waals surface area contributed by atoms with E-state index in [0.717, 1.165) is 26.3 Å². The van der Waals surface area contributed by atoms with E-state index >= 15 is 0 Å². The maximum absolute atomic E-state index is 10.5. The average molecular weight is 302 g/mol. The summed E-state index contributed by atoms with van der Waals surface area (Å²) in [5.41, 5.74) is 5.07. The predicted octanol–water partition coefficient (Wildman–Crippen LogP) is 2.26. The van der Waals surface area contributed by atoms with Crippen molar-refractivity contribution in [2.75, 3.05) is 32.8 Å². The van der Waals surface area contributed by atoms with Gasteiger partial charge in [-0.05, 0) is 38.5 Å². The van der Waals surface area contributed by atoms with E-state index in [1.54, 1.807) is 0 Å². The molecule has 1 aromatic carbocycles. The highest BCUT2D eigenvalue weighted by Crippen LogP contribution is 2.26. The molecule has 1 saturated heterocycles. The fraction of sp³-hybridized carbons (Fsp3) is 0.556. The first-order valence-corrected chi connectivity index (χ1v) is 8.10. The summed E-state index contributed by atoms with van der Waals surface area (Å²) in [7, 11) is 0. The van der Waals surface area contributed by atoms with Crippen LogP contribution in [-0.4, -0.2) is 53.5 Å². The molecule has 2 heterocycles. The van der Waals surface area contributed by atoms with Gasteiger partial charge in [0.2, 0.25) is 0 Å². The number of rotatable bonds is 4. The lowest BCUT2D eigenvalue weighted by atomic mass is 10.1. The molecule has 0 unspecified atom stereocenters. The van der Waals surface area contributed by atoms with Gasteiger partial charge in [-0.3, -0.25) is 4.90 Å². The molecule has 0 amide bonds. The van der Waals surface area contributed by atoms with Gasteiger partial charge in [0.25, 0.3) is 0 Å². The minimum absolute atomic E-state index is 0.354. The second kappa shape index (κ2) is 6.41. The van der Waals surface area contributed by atoms with Gasteiger partial charge in [-0.2, -0.15) is 0 Å². The summed E-state index contributed by atoms with van der Waals surface area (Å²) in [5, 5.41) is 11.8. The fourth-order valence-corrected chi connectivity index (χ4v) is 3.35. The van der Waals surface area contributed by atoms with Gasteiger partial charge in [0.05, 0.1) is 25.9 Å². The first kappa shape index (κ1) is 15.5. The van der Waals surface area contributed by atoms with Crippen LogP contribution in [0.5, 0.6) is 0 Å². The van der Waals surface area contributed by atoms with Crippen molar-refractivity contribution in [2.45, 2.75) is 33.4 Å². The molecule has 0 saturated carbocycles. The largest absolute Gasteiger partial charge is 0.390 e. The predicted molar refractivity (Wildman–Crippen MR) is 89.4 cm³/mol. The van der Waals surface area contributed by atoms with Gasteiger partial charge >= 0.3 is 0 Å². The monoisotopic (exact) mass is 302 g/mol. The molecule has 0 radical (unpaired) electrons. The zero-order chi connectivity index (χ0) is 15.7. The minimum Gasteiger partial charge on any atom is -0.390 e. The van der Waals surface area contributed by atoms with E-state index in [0.29, 0.717) is 13.1 Å². The fourth-order valence-electron chi connectivity index (χ4n) is 3.35. The first-order chi connectivity index (χ1) is 10.6. The van der Waals surface area contributed by atoms with Gasteiger partial charge in [0.1, 0.15) is 0 Å². The molecule has 1 aromatic heterocycles. The third-order valence-electron chi connectivity index (χ3n) is 4.76. The number of benzene rings is 1. The lowest BCUT2D eigenvalue weighted by Gasteiger charge is -2.29. The van der Waals surface area contributed by atoms with Gasteiger partial charge < -0.3 is 14.4 Å². The summed E-state index contributed by atoms with van der Waals surface area (Å²) in [6.45, 7) is 11.2. The lowest BCUT2D eigenvalue weighted by molar-refractivity contribution is 0.0116. The van der Waals surface area contributed by atoms with Crippen LogP contribution in [0.2, 0.25) is 0 Å². The number of aliphatic hydroxyl groups is 1. The van der Waals surface area contributed by atoms with Crippen LogP contribution in [0.15, 0.2) is 18.2 Å². The standard InChI is InChI=1S/C18H26N2O2/c1-13-4-5-18-17(10-13)14(2)15(3)20(18)12-16(21)11-19-6-8-22-9-7-19/h4-5,10,16,21H,6-9,11-12H2,1-3H3/t16-/m1/s1. The number of hydrogen-bond donors (Lipinski definition) is 1. The van der Waals surface area contributed by atoms with E-state index in [4.69, 9.17) is 4.74 Å². The molecule has 1 fully saturated rings. The van der Waals surface area contributed by atoms with Gasteiger partial charge in [-0.25, -0.2) is 0 Å². The Kier molecular flexibility index (Phi) is 4.52. The van der Waals surface area contributed by atoms with Crippen molar-refractivity contribution in [3.63, 3.8) is 0 Å². The molecule has 1 N–H and O–H groups in total. The van der Waals surface area contributed by atoms with E-state index in [1.807, 2.05) is 0 Å². The van der Waals surface area contributed by atoms with Crippen LogP contribution in [0.3, 0.4) is 0 Å². The molecule has 0 aliphatic carbocycles. The minimum atomic E-state index is -0.354. The normalized spacial score (nSPS) is 18.0. The van der Waals surface area contributed by atoms with E-state index in [9.17, 15) is 5.11 Å². The molecule has 0 bridgehead atoms. The highest BCUT2D eigenvalue weighted by atomic mass is 16.5. The van der Waals surface area contributed by atoms with E-state index in [2.05, 4.69) is 48.4 Å². The molecular weight excluding hydrogens is 276 g/mol. The van der Waals surface area contributed by atoms with E-state index in [-0.39, 0.29) is 6.10 Å². The summed E-state index contributed by atoms with van der Waals surface area (Å²) in [4.78, 5) is 2.28. The van der Waals surface area contributed by atoms with Crippen molar-refractivity contribution in [3.05, 3.63) is 35.0 Å². The number of β-amino-alcohol motifs (C(OH)–C–C–N with tert-alkyl or cyclic N) is 1. The molecule has 1 aliphatic rings. The van der Waals surface area contributed by atoms with Crippen molar-refractivity contribution < 1.29 is 9.84 Å². The Hall–Kier alpha value is -1.36. The van der Waals surface area contributed by atoms with Crippen molar-refractivity contribution in [1.29, 1.82) is 0 Å². The zero-order valence-electron chi connectivity index (χ0n) is 13.8. The summed E-state index contributed by atoms with van der Waals surface area (Å²) in [6, 6.07) is 6.56. The molecule has 2 aromatic rings. The SMILES string of the molecule is Cc1ccc2c(c1)c(C)c(C)n2C[C@H](O)CN1CCOCC1. The summed E-state index contributed by atoms with van der Waals surface area (Å²) in [6.07, 6.45) is -0.354. The Morgan fingerprint density at radius 2 is 1.86 bits per heavy atom. The summed E-state index contributed by atoms with van der Waals surface area (Å²) in [5.74, 6) is 0. The first-order valence-electron chi connectivity index (χ1n) is 8.10. The Morgan fingerprint density at radius 1 is 1.14 bits per heavy atom.